The van der Waals surface area contributed by atoms with Crippen molar-refractivity contribution in [2.24, 2.45) is 10.8 Å². The molecule has 2 fully saturated rings. The maximum atomic E-state index is 13.0. The molecule has 2 aliphatic rings. The van der Waals surface area contributed by atoms with Gasteiger partial charge in [0.2, 0.25) is 5.82 Å². The van der Waals surface area contributed by atoms with E-state index < -0.39 is 0 Å². The Kier molecular flexibility index (Phi) is 3.53. The minimum atomic E-state index is -0.0303. The summed E-state index contributed by atoms with van der Waals surface area (Å²) in [5.41, 5.74) is 2.63. The summed E-state index contributed by atoms with van der Waals surface area (Å²) < 4.78 is 1.68. The molecule has 1 saturated heterocycles. The highest BCUT2D eigenvalue weighted by Gasteiger charge is 2.51. The number of hydrogen-bond donors (Lipinski definition) is 0. The number of rotatable bonds is 2. The van der Waals surface area contributed by atoms with Crippen LogP contribution in [0.25, 0.3) is 5.69 Å². The van der Waals surface area contributed by atoms with E-state index in [0.717, 1.165) is 25.1 Å². The number of likely N-dealkylation sites (tertiary alicyclic amines) is 1. The van der Waals surface area contributed by atoms with Gasteiger partial charge in [-0.15, -0.1) is 5.10 Å². The molecule has 2 unspecified atom stereocenters. The summed E-state index contributed by atoms with van der Waals surface area (Å²) in [6, 6.07) is 8.36. The lowest BCUT2D eigenvalue weighted by Crippen LogP contribution is -2.38. The van der Waals surface area contributed by atoms with Crippen LogP contribution >= 0.6 is 0 Å². The van der Waals surface area contributed by atoms with Gasteiger partial charge in [-0.1, -0.05) is 38.5 Å². The van der Waals surface area contributed by atoms with Crippen molar-refractivity contribution in [1.82, 2.24) is 19.7 Å². The fraction of sp³-hybridized carbons (Fsp3) is 0.550. The van der Waals surface area contributed by atoms with E-state index in [0.29, 0.717) is 17.3 Å². The van der Waals surface area contributed by atoms with Crippen molar-refractivity contribution < 1.29 is 4.79 Å². The van der Waals surface area contributed by atoms with Gasteiger partial charge in [0.05, 0.1) is 5.69 Å². The van der Waals surface area contributed by atoms with E-state index >= 15 is 0 Å². The maximum absolute atomic E-state index is 13.0. The molecule has 1 aliphatic heterocycles. The van der Waals surface area contributed by atoms with E-state index in [1.54, 1.807) is 11.0 Å². The first-order chi connectivity index (χ1) is 11.7. The van der Waals surface area contributed by atoms with Crippen molar-refractivity contribution in [3.05, 3.63) is 42.0 Å². The van der Waals surface area contributed by atoms with E-state index in [1.165, 1.54) is 12.0 Å². The Hall–Kier alpha value is -2.17. The van der Waals surface area contributed by atoms with Crippen LogP contribution in [0.4, 0.5) is 0 Å². The lowest BCUT2D eigenvalue weighted by atomic mass is 9.65. The summed E-state index contributed by atoms with van der Waals surface area (Å²) in [4.78, 5) is 19.3. The third-order valence-corrected chi connectivity index (χ3v) is 5.66. The molecular formula is C20H26N4O. The molecule has 1 aliphatic carbocycles. The largest absolute Gasteiger partial charge is 0.332 e. The van der Waals surface area contributed by atoms with Crippen molar-refractivity contribution in [3.63, 3.8) is 0 Å². The molecule has 2 atom stereocenters. The molecular weight excluding hydrogens is 312 g/mol. The molecule has 4 rings (SSSR count). The van der Waals surface area contributed by atoms with Crippen LogP contribution in [0.5, 0.6) is 0 Å². The molecule has 2 bridgehead atoms. The number of nitrogens with zero attached hydrogens (tertiary/aromatic N) is 4. The van der Waals surface area contributed by atoms with Gasteiger partial charge in [-0.2, -0.15) is 0 Å². The van der Waals surface area contributed by atoms with Gasteiger partial charge >= 0.3 is 0 Å². The van der Waals surface area contributed by atoms with Gasteiger partial charge in [-0.3, -0.25) is 4.79 Å². The second-order valence-corrected chi connectivity index (χ2v) is 9.00. The number of carbonyl (C=O) groups is 1. The van der Waals surface area contributed by atoms with Crippen LogP contribution in [0.2, 0.25) is 0 Å². The normalized spacial score (nSPS) is 27.5. The predicted molar refractivity (Wildman–Crippen MR) is 96.7 cm³/mol. The molecule has 2 heterocycles. The van der Waals surface area contributed by atoms with Crippen molar-refractivity contribution in [2.75, 3.05) is 6.54 Å². The average Bonchev–Trinajstić information content (AvgIpc) is 3.09. The maximum Gasteiger partial charge on any atom is 0.293 e. The Morgan fingerprint density at radius 2 is 1.88 bits per heavy atom. The molecule has 25 heavy (non-hydrogen) atoms. The van der Waals surface area contributed by atoms with Crippen LogP contribution in [0.3, 0.4) is 0 Å². The monoisotopic (exact) mass is 338 g/mol. The van der Waals surface area contributed by atoms with Crippen LogP contribution in [-0.4, -0.2) is 38.2 Å². The van der Waals surface area contributed by atoms with Crippen LogP contribution in [0.15, 0.2) is 30.6 Å². The first kappa shape index (κ1) is 16.3. The number of hydrogen-bond acceptors (Lipinski definition) is 3. The summed E-state index contributed by atoms with van der Waals surface area (Å²) in [7, 11) is 0. The number of benzene rings is 1. The van der Waals surface area contributed by atoms with Gasteiger partial charge in [0, 0.05) is 12.6 Å². The minimum Gasteiger partial charge on any atom is -0.332 e. The number of carbonyl (C=O) groups excluding carboxylic acids is 1. The summed E-state index contributed by atoms with van der Waals surface area (Å²) >= 11 is 0. The lowest BCUT2D eigenvalue weighted by Gasteiger charge is -2.39. The number of amides is 1. The van der Waals surface area contributed by atoms with Gasteiger partial charge < -0.3 is 4.90 Å². The number of aromatic nitrogens is 3. The molecule has 0 spiro atoms. The standard InChI is InChI=1S/C20H26N4O/c1-14-5-7-15(8-6-14)24-13-21-17(22-24)18(25)23-12-20(4)10-16(23)9-19(2,3)11-20/h5-8,13,16H,9-12H2,1-4H3. The third-order valence-electron chi connectivity index (χ3n) is 5.66. The molecule has 1 aromatic heterocycles. The Morgan fingerprint density at radius 1 is 1.16 bits per heavy atom. The average molecular weight is 338 g/mol. The quantitative estimate of drug-likeness (QED) is 0.840. The van der Waals surface area contributed by atoms with E-state index in [4.69, 9.17) is 0 Å². The van der Waals surface area contributed by atoms with Crippen LogP contribution < -0.4 is 0 Å². The number of aryl methyl sites for hydroxylation is 1. The Balaban J connectivity index is 1.57. The second kappa shape index (κ2) is 5.41. The van der Waals surface area contributed by atoms with Crippen molar-refractivity contribution in [1.29, 1.82) is 0 Å². The molecule has 0 N–H and O–H groups in total. The summed E-state index contributed by atoms with van der Waals surface area (Å²) in [6.45, 7) is 9.81. The highest BCUT2D eigenvalue weighted by molar-refractivity contribution is 5.91. The van der Waals surface area contributed by atoms with Crippen LogP contribution in [-0.2, 0) is 0 Å². The SMILES string of the molecule is Cc1ccc(-n2cnc(C(=O)N3CC4(C)CC3CC(C)(C)C4)n2)cc1. The molecule has 5 nitrogen and oxygen atoms in total. The van der Waals surface area contributed by atoms with E-state index in [-0.39, 0.29) is 11.3 Å². The Morgan fingerprint density at radius 3 is 2.60 bits per heavy atom. The second-order valence-electron chi connectivity index (χ2n) is 9.00. The zero-order valence-corrected chi connectivity index (χ0v) is 15.5. The van der Waals surface area contributed by atoms with Crippen LogP contribution in [0.1, 0.15) is 56.2 Å². The van der Waals surface area contributed by atoms with E-state index in [9.17, 15) is 4.79 Å². The van der Waals surface area contributed by atoms with Gasteiger partial charge in [-0.05, 0) is 49.1 Å². The number of fused-ring (bicyclic) bond motifs is 2. The smallest absolute Gasteiger partial charge is 0.293 e. The highest BCUT2D eigenvalue weighted by atomic mass is 16.2. The summed E-state index contributed by atoms with van der Waals surface area (Å²) in [5.74, 6) is 0.270. The topological polar surface area (TPSA) is 51.0 Å². The first-order valence-electron chi connectivity index (χ1n) is 9.05. The van der Waals surface area contributed by atoms with Crippen molar-refractivity contribution >= 4 is 5.91 Å². The molecule has 132 valence electrons. The fourth-order valence-electron chi connectivity index (χ4n) is 5.01. The Labute approximate surface area is 149 Å². The molecule has 5 heteroatoms. The highest BCUT2D eigenvalue weighted by Crippen LogP contribution is 2.52. The molecule has 1 amide bonds. The molecule has 2 aromatic rings. The molecule has 1 saturated carbocycles. The van der Waals surface area contributed by atoms with Gasteiger partial charge in [0.15, 0.2) is 0 Å². The first-order valence-corrected chi connectivity index (χ1v) is 9.05. The van der Waals surface area contributed by atoms with Crippen molar-refractivity contribution in [3.8, 4) is 5.69 Å². The molecule has 1 aromatic carbocycles. The van der Waals surface area contributed by atoms with Gasteiger partial charge in [0.25, 0.3) is 5.91 Å². The predicted octanol–water partition coefficient (Wildman–Crippen LogP) is 3.62. The third kappa shape index (κ3) is 2.96. The zero-order valence-electron chi connectivity index (χ0n) is 15.5. The van der Waals surface area contributed by atoms with E-state index in [2.05, 4.69) is 30.9 Å². The summed E-state index contributed by atoms with van der Waals surface area (Å²) in [6.07, 6.45) is 4.96. The fourth-order valence-corrected chi connectivity index (χ4v) is 5.01. The summed E-state index contributed by atoms with van der Waals surface area (Å²) in [5, 5.41) is 4.44. The van der Waals surface area contributed by atoms with Gasteiger partial charge in [-0.25, -0.2) is 9.67 Å². The lowest BCUT2D eigenvalue weighted by molar-refractivity contribution is 0.0696. The van der Waals surface area contributed by atoms with Crippen LogP contribution in [0, 0.1) is 17.8 Å². The minimum absolute atomic E-state index is 0.0303. The zero-order chi connectivity index (χ0) is 17.8. The van der Waals surface area contributed by atoms with Gasteiger partial charge in [0.1, 0.15) is 6.33 Å². The Bertz CT molecular complexity index is 807. The van der Waals surface area contributed by atoms with Crippen molar-refractivity contribution in [2.45, 2.75) is 53.0 Å². The van der Waals surface area contributed by atoms with E-state index in [1.807, 2.05) is 36.1 Å². The molecule has 0 radical (unpaired) electrons.